The van der Waals surface area contributed by atoms with Crippen LogP contribution < -0.4 is 15.2 Å². The maximum absolute atomic E-state index is 5.84. The summed E-state index contributed by atoms with van der Waals surface area (Å²) >= 11 is 0. The highest BCUT2D eigenvalue weighted by Gasteiger charge is 2.11. The molecule has 2 N–H and O–H groups in total. The molecule has 21 heavy (non-hydrogen) atoms. The Morgan fingerprint density at radius 3 is 2.86 bits per heavy atom. The van der Waals surface area contributed by atoms with Gasteiger partial charge in [0.25, 0.3) is 0 Å². The van der Waals surface area contributed by atoms with Gasteiger partial charge < -0.3 is 15.2 Å². The van der Waals surface area contributed by atoms with Crippen LogP contribution in [0.1, 0.15) is 16.7 Å². The van der Waals surface area contributed by atoms with Gasteiger partial charge in [-0.25, -0.2) is 0 Å². The first-order valence-corrected chi connectivity index (χ1v) is 7.51. The number of ether oxygens (including phenoxy) is 2. The van der Waals surface area contributed by atoms with Crippen molar-refractivity contribution in [2.75, 3.05) is 19.8 Å². The van der Waals surface area contributed by atoms with E-state index in [-0.39, 0.29) is 0 Å². The number of fused-ring (bicyclic) bond motifs is 1. The molecule has 0 aromatic heterocycles. The van der Waals surface area contributed by atoms with Gasteiger partial charge in [0.15, 0.2) is 0 Å². The first-order chi connectivity index (χ1) is 10.3. The molecule has 0 radical (unpaired) electrons. The Morgan fingerprint density at radius 1 is 1.05 bits per heavy atom. The van der Waals surface area contributed by atoms with Crippen molar-refractivity contribution in [3.8, 4) is 11.5 Å². The van der Waals surface area contributed by atoms with Crippen LogP contribution in [0.2, 0.25) is 0 Å². The van der Waals surface area contributed by atoms with Crippen molar-refractivity contribution in [2.24, 2.45) is 5.73 Å². The summed E-state index contributed by atoms with van der Waals surface area (Å²) in [6.45, 7) is 2.16. The molecule has 1 aliphatic rings. The molecule has 0 unspecified atom stereocenters. The average molecular weight is 283 g/mol. The van der Waals surface area contributed by atoms with Crippen LogP contribution in [0.15, 0.2) is 42.5 Å². The van der Waals surface area contributed by atoms with E-state index in [9.17, 15) is 0 Å². The molecule has 0 fully saturated rings. The predicted molar refractivity (Wildman–Crippen MR) is 84.0 cm³/mol. The van der Waals surface area contributed by atoms with Crippen molar-refractivity contribution in [1.82, 2.24) is 0 Å². The summed E-state index contributed by atoms with van der Waals surface area (Å²) in [5.41, 5.74) is 9.43. The maximum Gasteiger partial charge on any atom is 0.122 e. The van der Waals surface area contributed by atoms with Gasteiger partial charge in [-0.2, -0.15) is 0 Å². The molecule has 0 aliphatic carbocycles. The van der Waals surface area contributed by atoms with Crippen molar-refractivity contribution in [3.63, 3.8) is 0 Å². The number of benzene rings is 2. The van der Waals surface area contributed by atoms with Crippen molar-refractivity contribution >= 4 is 0 Å². The largest absolute Gasteiger partial charge is 0.493 e. The second kappa shape index (κ2) is 6.64. The normalized spacial score (nSPS) is 12.8. The van der Waals surface area contributed by atoms with Crippen LogP contribution in [0.3, 0.4) is 0 Å². The van der Waals surface area contributed by atoms with Crippen LogP contribution in [0.5, 0.6) is 11.5 Å². The number of rotatable bonds is 6. The minimum Gasteiger partial charge on any atom is -0.493 e. The SMILES string of the molecule is NCCc1cccc(OCCc2ccc3c(c2)CCO3)c1. The molecule has 1 heterocycles. The van der Waals surface area contributed by atoms with Crippen LogP contribution in [-0.4, -0.2) is 19.8 Å². The summed E-state index contributed by atoms with van der Waals surface area (Å²) < 4.78 is 11.4. The summed E-state index contributed by atoms with van der Waals surface area (Å²) in [5.74, 6) is 1.96. The molecule has 3 heteroatoms. The van der Waals surface area contributed by atoms with Gasteiger partial charge in [0.05, 0.1) is 13.2 Å². The third kappa shape index (κ3) is 3.56. The van der Waals surface area contributed by atoms with Crippen LogP contribution in [-0.2, 0) is 19.3 Å². The van der Waals surface area contributed by atoms with Crippen molar-refractivity contribution in [2.45, 2.75) is 19.3 Å². The molecule has 0 spiro atoms. The lowest BCUT2D eigenvalue weighted by Crippen LogP contribution is -2.04. The standard InChI is InChI=1S/C18H21NO2/c19-9-6-14-2-1-3-17(13-14)20-10-7-15-4-5-18-16(12-15)8-11-21-18/h1-5,12-13H,6-11,19H2. The summed E-state index contributed by atoms with van der Waals surface area (Å²) in [6, 6.07) is 14.6. The zero-order chi connectivity index (χ0) is 14.5. The lowest BCUT2D eigenvalue weighted by molar-refractivity contribution is 0.321. The Balaban J connectivity index is 1.55. The zero-order valence-corrected chi connectivity index (χ0v) is 12.2. The summed E-state index contributed by atoms with van der Waals surface area (Å²) in [4.78, 5) is 0. The van der Waals surface area contributed by atoms with Gasteiger partial charge in [0.2, 0.25) is 0 Å². The predicted octanol–water partition coefficient (Wildman–Crippen LogP) is 2.74. The van der Waals surface area contributed by atoms with Gasteiger partial charge >= 0.3 is 0 Å². The van der Waals surface area contributed by atoms with E-state index in [0.29, 0.717) is 13.2 Å². The van der Waals surface area contributed by atoms with E-state index in [4.69, 9.17) is 15.2 Å². The fourth-order valence-electron chi connectivity index (χ4n) is 2.64. The average Bonchev–Trinajstić information content (AvgIpc) is 2.96. The maximum atomic E-state index is 5.84. The third-order valence-electron chi connectivity index (χ3n) is 3.74. The van der Waals surface area contributed by atoms with Crippen molar-refractivity contribution in [1.29, 1.82) is 0 Å². The van der Waals surface area contributed by atoms with Crippen LogP contribution >= 0.6 is 0 Å². The van der Waals surface area contributed by atoms with Gasteiger partial charge in [0.1, 0.15) is 11.5 Å². The zero-order valence-electron chi connectivity index (χ0n) is 12.2. The summed E-state index contributed by atoms with van der Waals surface area (Å²) in [6.07, 6.45) is 2.82. The highest BCUT2D eigenvalue weighted by molar-refractivity contribution is 5.40. The van der Waals surface area contributed by atoms with Crippen LogP contribution in [0.4, 0.5) is 0 Å². The highest BCUT2D eigenvalue weighted by Crippen LogP contribution is 2.26. The summed E-state index contributed by atoms with van der Waals surface area (Å²) in [7, 11) is 0. The van der Waals surface area contributed by atoms with E-state index >= 15 is 0 Å². The monoisotopic (exact) mass is 283 g/mol. The Labute approximate surface area is 125 Å². The molecule has 3 rings (SSSR count). The second-order valence-electron chi connectivity index (χ2n) is 5.33. The van der Waals surface area contributed by atoms with E-state index in [1.54, 1.807) is 0 Å². The van der Waals surface area contributed by atoms with Gasteiger partial charge in [-0.3, -0.25) is 0 Å². The number of hydrogen-bond acceptors (Lipinski definition) is 3. The van der Waals surface area contributed by atoms with E-state index in [0.717, 1.165) is 37.4 Å². The molecule has 0 bridgehead atoms. The first kappa shape index (κ1) is 14.0. The van der Waals surface area contributed by atoms with E-state index in [1.165, 1.54) is 16.7 Å². The number of hydrogen-bond donors (Lipinski definition) is 1. The molecule has 2 aromatic carbocycles. The molecule has 0 saturated carbocycles. The lowest BCUT2D eigenvalue weighted by atomic mass is 10.1. The molecule has 0 atom stereocenters. The fraction of sp³-hybridized carbons (Fsp3) is 0.333. The molecular formula is C18H21NO2. The smallest absolute Gasteiger partial charge is 0.122 e. The molecule has 3 nitrogen and oxygen atoms in total. The van der Waals surface area contributed by atoms with Crippen molar-refractivity contribution in [3.05, 3.63) is 59.2 Å². The Morgan fingerprint density at radius 2 is 1.95 bits per heavy atom. The molecule has 0 amide bonds. The highest BCUT2D eigenvalue weighted by atomic mass is 16.5. The summed E-state index contributed by atoms with van der Waals surface area (Å²) in [5, 5.41) is 0. The van der Waals surface area contributed by atoms with Crippen LogP contribution in [0, 0.1) is 0 Å². The second-order valence-corrected chi connectivity index (χ2v) is 5.33. The van der Waals surface area contributed by atoms with Crippen molar-refractivity contribution < 1.29 is 9.47 Å². The van der Waals surface area contributed by atoms with Gasteiger partial charge in [-0.1, -0.05) is 24.3 Å². The molecule has 1 aliphatic heterocycles. The minimum absolute atomic E-state index is 0.667. The fourth-order valence-corrected chi connectivity index (χ4v) is 2.64. The molecule has 0 saturated heterocycles. The Hall–Kier alpha value is -2.00. The Kier molecular flexibility index (Phi) is 4.41. The molecule has 110 valence electrons. The molecule has 2 aromatic rings. The molecular weight excluding hydrogens is 262 g/mol. The number of nitrogens with two attached hydrogens (primary N) is 1. The Bertz CT molecular complexity index is 610. The van der Waals surface area contributed by atoms with Crippen LogP contribution in [0.25, 0.3) is 0 Å². The van der Waals surface area contributed by atoms with E-state index in [1.807, 2.05) is 12.1 Å². The quantitative estimate of drug-likeness (QED) is 0.886. The van der Waals surface area contributed by atoms with E-state index < -0.39 is 0 Å². The van der Waals surface area contributed by atoms with Gasteiger partial charge in [0, 0.05) is 12.8 Å². The third-order valence-corrected chi connectivity index (χ3v) is 3.74. The topological polar surface area (TPSA) is 44.5 Å². The lowest BCUT2D eigenvalue weighted by Gasteiger charge is -2.08. The van der Waals surface area contributed by atoms with E-state index in [2.05, 4.69) is 30.3 Å². The van der Waals surface area contributed by atoms with Gasteiger partial charge in [-0.05, 0) is 47.9 Å². The first-order valence-electron chi connectivity index (χ1n) is 7.51. The minimum atomic E-state index is 0.667. The van der Waals surface area contributed by atoms with Gasteiger partial charge in [-0.15, -0.1) is 0 Å².